The Bertz CT molecular complexity index is 386. The molecule has 0 aliphatic carbocycles. The smallest absolute Gasteiger partial charge is 0.134 e. The van der Waals surface area contributed by atoms with Gasteiger partial charge in [-0.1, -0.05) is 18.5 Å². The summed E-state index contributed by atoms with van der Waals surface area (Å²) >= 11 is 6.02. The lowest BCUT2D eigenvalue weighted by atomic mass is 10.3. The van der Waals surface area contributed by atoms with Crippen molar-refractivity contribution in [3.63, 3.8) is 0 Å². The molecule has 1 aliphatic heterocycles. The Morgan fingerprint density at radius 1 is 1.53 bits per heavy atom. The molecule has 94 valence electrons. The molecule has 2 heterocycles. The van der Waals surface area contributed by atoms with Crippen molar-refractivity contribution in [1.82, 2.24) is 9.97 Å². The quantitative estimate of drug-likeness (QED) is 0.760. The molecular formula is C12H18ClN3O. The summed E-state index contributed by atoms with van der Waals surface area (Å²) in [5.41, 5.74) is 0. The zero-order chi connectivity index (χ0) is 12.3. The van der Waals surface area contributed by atoms with Crippen LogP contribution in [0.25, 0.3) is 0 Å². The molecule has 1 aliphatic rings. The Labute approximate surface area is 107 Å². The minimum Gasteiger partial charge on any atom is -0.377 e. The lowest BCUT2D eigenvalue weighted by Crippen LogP contribution is -2.31. The van der Waals surface area contributed by atoms with E-state index in [1.807, 2.05) is 13.0 Å². The molecule has 0 aromatic carbocycles. The van der Waals surface area contributed by atoms with E-state index in [4.69, 9.17) is 16.3 Å². The summed E-state index contributed by atoms with van der Waals surface area (Å²) in [6.07, 6.45) is 2.05. The molecule has 0 amide bonds. The van der Waals surface area contributed by atoms with E-state index in [9.17, 15) is 0 Å². The second kappa shape index (κ2) is 5.65. The Kier molecular flexibility index (Phi) is 4.18. The summed E-state index contributed by atoms with van der Waals surface area (Å²) in [7, 11) is 0. The first-order valence-corrected chi connectivity index (χ1v) is 6.47. The van der Waals surface area contributed by atoms with E-state index in [0.29, 0.717) is 5.15 Å². The molecule has 0 saturated carbocycles. The van der Waals surface area contributed by atoms with Gasteiger partial charge >= 0.3 is 0 Å². The van der Waals surface area contributed by atoms with Crippen LogP contribution in [0.1, 0.15) is 26.1 Å². The van der Waals surface area contributed by atoms with E-state index < -0.39 is 0 Å². The highest BCUT2D eigenvalue weighted by Gasteiger charge is 2.17. The van der Waals surface area contributed by atoms with Crippen LogP contribution in [-0.4, -0.2) is 35.8 Å². The van der Waals surface area contributed by atoms with E-state index >= 15 is 0 Å². The molecule has 0 radical (unpaired) electrons. The van der Waals surface area contributed by atoms with Crippen LogP contribution < -0.4 is 4.90 Å². The maximum atomic E-state index is 6.02. The normalized spacial score (nSPS) is 21.4. The number of aryl methyl sites for hydroxylation is 1. The van der Waals surface area contributed by atoms with Crippen molar-refractivity contribution in [3.8, 4) is 0 Å². The van der Waals surface area contributed by atoms with Gasteiger partial charge in [0.15, 0.2) is 0 Å². The summed E-state index contributed by atoms with van der Waals surface area (Å²) in [5, 5.41) is 0.518. The van der Waals surface area contributed by atoms with Gasteiger partial charge in [-0.2, -0.15) is 0 Å². The zero-order valence-corrected chi connectivity index (χ0v) is 11.1. The maximum absolute atomic E-state index is 6.02. The lowest BCUT2D eigenvalue weighted by Gasteiger charge is -2.23. The Hall–Kier alpha value is -0.870. The van der Waals surface area contributed by atoms with Gasteiger partial charge in [-0.3, -0.25) is 0 Å². The van der Waals surface area contributed by atoms with Crippen molar-refractivity contribution < 1.29 is 4.74 Å². The first-order valence-electron chi connectivity index (χ1n) is 6.09. The van der Waals surface area contributed by atoms with Gasteiger partial charge in [-0.05, 0) is 13.3 Å². The molecular weight excluding hydrogens is 238 g/mol. The van der Waals surface area contributed by atoms with Gasteiger partial charge in [0.2, 0.25) is 0 Å². The number of ether oxygens (including phenoxy) is 1. The molecule has 1 fully saturated rings. The number of hydrogen-bond donors (Lipinski definition) is 0. The van der Waals surface area contributed by atoms with E-state index in [-0.39, 0.29) is 6.10 Å². The first-order chi connectivity index (χ1) is 8.19. The van der Waals surface area contributed by atoms with Crippen LogP contribution in [0.4, 0.5) is 5.82 Å². The van der Waals surface area contributed by atoms with Crippen molar-refractivity contribution >= 4 is 17.4 Å². The predicted molar refractivity (Wildman–Crippen MR) is 68.7 cm³/mol. The molecule has 5 heteroatoms. The predicted octanol–water partition coefficient (Wildman–Crippen LogP) is 2.31. The zero-order valence-electron chi connectivity index (χ0n) is 10.3. The van der Waals surface area contributed by atoms with Crippen molar-refractivity contribution in [2.24, 2.45) is 0 Å². The molecule has 0 spiro atoms. The number of rotatable bonds is 2. The molecule has 0 bridgehead atoms. The highest BCUT2D eigenvalue weighted by atomic mass is 35.5. The Morgan fingerprint density at radius 3 is 3.12 bits per heavy atom. The van der Waals surface area contributed by atoms with Crippen molar-refractivity contribution in [2.45, 2.75) is 32.8 Å². The standard InChI is InChI=1S/C12H18ClN3O/c1-3-11-14-10(13)7-12(15-11)16-5-4-6-17-9(2)8-16/h7,9H,3-6,8H2,1-2H3. The monoisotopic (exact) mass is 255 g/mol. The van der Waals surface area contributed by atoms with E-state index in [0.717, 1.165) is 44.2 Å². The van der Waals surface area contributed by atoms with E-state index in [2.05, 4.69) is 21.8 Å². The first kappa shape index (κ1) is 12.6. The summed E-state index contributed by atoms with van der Waals surface area (Å²) in [6, 6.07) is 1.83. The van der Waals surface area contributed by atoms with Crippen LogP contribution in [0.5, 0.6) is 0 Å². The minimum atomic E-state index is 0.233. The molecule has 1 unspecified atom stereocenters. The number of halogens is 1. The van der Waals surface area contributed by atoms with Gasteiger partial charge in [0.25, 0.3) is 0 Å². The third-order valence-corrected chi connectivity index (χ3v) is 3.01. The van der Waals surface area contributed by atoms with Crippen LogP contribution >= 0.6 is 11.6 Å². The second-order valence-electron chi connectivity index (χ2n) is 4.30. The van der Waals surface area contributed by atoms with Gasteiger partial charge in [0.05, 0.1) is 6.10 Å². The third kappa shape index (κ3) is 3.30. The minimum absolute atomic E-state index is 0.233. The molecule has 1 aromatic rings. The topological polar surface area (TPSA) is 38.2 Å². The SMILES string of the molecule is CCc1nc(Cl)cc(N2CCCOC(C)C2)n1. The van der Waals surface area contributed by atoms with Crippen molar-refractivity contribution in [2.75, 3.05) is 24.6 Å². The maximum Gasteiger partial charge on any atom is 0.134 e. The number of aromatic nitrogens is 2. The highest BCUT2D eigenvalue weighted by molar-refractivity contribution is 6.29. The van der Waals surface area contributed by atoms with Crippen LogP contribution in [0.3, 0.4) is 0 Å². The van der Waals surface area contributed by atoms with E-state index in [1.54, 1.807) is 0 Å². The van der Waals surface area contributed by atoms with Crippen molar-refractivity contribution in [3.05, 3.63) is 17.0 Å². The fourth-order valence-corrected chi connectivity index (χ4v) is 2.17. The average Bonchev–Trinajstić information content (AvgIpc) is 2.53. The highest BCUT2D eigenvalue weighted by Crippen LogP contribution is 2.19. The second-order valence-corrected chi connectivity index (χ2v) is 4.69. The molecule has 2 rings (SSSR count). The van der Waals surface area contributed by atoms with Gasteiger partial charge in [0, 0.05) is 32.2 Å². The molecule has 1 aromatic heterocycles. The fourth-order valence-electron chi connectivity index (χ4n) is 1.97. The van der Waals surface area contributed by atoms with Gasteiger partial charge < -0.3 is 9.64 Å². The van der Waals surface area contributed by atoms with Crippen LogP contribution in [0.15, 0.2) is 6.07 Å². The fraction of sp³-hybridized carbons (Fsp3) is 0.667. The molecule has 17 heavy (non-hydrogen) atoms. The Balaban J connectivity index is 2.22. The van der Waals surface area contributed by atoms with Gasteiger partial charge in [-0.25, -0.2) is 9.97 Å². The number of anilines is 1. The van der Waals surface area contributed by atoms with Gasteiger partial charge in [0.1, 0.15) is 16.8 Å². The van der Waals surface area contributed by atoms with Crippen molar-refractivity contribution in [1.29, 1.82) is 0 Å². The summed E-state index contributed by atoms with van der Waals surface area (Å²) < 4.78 is 5.62. The summed E-state index contributed by atoms with van der Waals surface area (Å²) in [5.74, 6) is 1.71. The van der Waals surface area contributed by atoms with Gasteiger partial charge in [-0.15, -0.1) is 0 Å². The summed E-state index contributed by atoms with van der Waals surface area (Å²) in [4.78, 5) is 10.9. The van der Waals surface area contributed by atoms with Crippen LogP contribution in [0.2, 0.25) is 5.15 Å². The van der Waals surface area contributed by atoms with Crippen LogP contribution in [-0.2, 0) is 11.2 Å². The Morgan fingerprint density at radius 2 is 2.35 bits per heavy atom. The number of nitrogens with zero attached hydrogens (tertiary/aromatic N) is 3. The van der Waals surface area contributed by atoms with E-state index in [1.165, 1.54) is 0 Å². The molecule has 0 N–H and O–H groups in total. The molecule has 1 atom stereocenters. The lowest BCUT2D eigenvalue weighted by molar-refractivity contribution is 0.0820. The molecule has 1 saturated heterocycles. The molecule has 4 nitrogen and oxygen atoms in total. The average molecular weight is 256 g/mol. The third-order valence-electron chi connectivity index (χ3n) is 2.82. The summed E-state index contributed by atoms with van der Waals surface area (Å²) in [6.45, 7) is 6.75. The largest absolute Gasteiger partial charge is 0.377 e. The van der Waals surface area contributed by atoms with Crippen LogP contribution in [0, 0.1) is 0 Å². The number of hydrogen-bond acceptors (Lipinski definition) is 4.